The number of fused-ring (bicyclic) bond motifs is 1. The van der Waals surface area contributed by atoms with Gasteiger partial charge in [-0.15, -0.1) is 5.10 Å². The predicted octanol–water partition coefficient (Wildman–Crippen LogP) is 0.602. The second kappa shape index (κ2) is 6.15. The van der Waals surface area contributed by atoms with Crippen molar-refractivity contribution >= 4 is 27.0 Å². The number of ether oxygens (including phenoxy) is 1. The quantitative estimate of drug-likeness (QED) is 0.855. The summed E-state index contributed by atoms with van der Waals surface area (Å²) >= 11 is 0. The molecule has 1 amide bonds. The molecule has 0 bridgehead atoms. The molecule has 0 saturated carbocycles. The number of nitrogens with one attached hydrogen (secondary N) is 1. The molecule has 0 saturated heterocycles. The van der Waals surface area contributed by atoms with Crippen molar-refractivity contribution in [2.75, 3.05) is 13.4 Å². The SMILES string of the molecule is COc1nn(C)c2nc(C)c(CCC(=O)NS(C)(=O)=O)c(C)c12. The van der Waals surface area contributed by atoms with E-state index < -0.39 is 15.9 Å². The first kappa shape index (κ1) is 17.2. The zero-order chi connectivity index (χ0) is 17.4. The Morgan fingerprint density at radius 3 is 2.57 bits per heavy atom. The van der Waals surface area contributed by atoms with Crippen molar-refractivity contribution in [1.82, 2.24) is 19.5 Å². The minimum Gasteiger partial charge on any atom is -0.479 e. The molecule has 0 unspecified atom stereocenters. The van der Waals surface area contributed by atoms with Gasteiger partial charge in [0.05, 0.1) is 18.8 Å². The van der Waals surface area contributed by atoms with Gasteiger partial charge in [-0.3, -0.25) is 9.52 Å². The van der Waals surface area contributed by atoms with Gasteiger partial charge in [0.15, 0.2) is 5.65 Å². The van der Waals surface area contributed by atoms with Gasteiger partial charge in [-0.2, -0.15) is 0 Å². The van der Waals surface area contributed by atoms with Crippen molar-refractivity contribution in [3.05, 3.63) is 16.8 Å². The van der Waals surface area contributed by atoms with Crippen LogP contribution < -0.4 is 9.46 Å². The molecule has 0 atom stereocenters. The molecule has 23 heavy (non-hydrogen) atoms. The molecule has 0 aliphatic carbocycles. The molecule has 8 nitrogen and oxygen atoms in total. The maximum absolute atomic E-state index is 11.7. The van der Waals surface area contributed by atoms with Gasteiger partial charge in [0, 0.05) is 19.2 Å². The Kier molecular flexibility index (Phi) is 4.60. The van der Waals surface area contributed by atoms with E-state index in [0.29, 0.717) is 17.9 Å². The Hall–Kier alpha value is -2.16. The number of hydrogen-bond donors (Lipinski definition) is 1. The first-order chi connectivity index (χ1) is 10.6. The van der Waals surface area contributed by atoms with Crippen LogP contribution in [0, 0.1) is 13.8 Å². The maximum Gasteiger partial charge on any atom is 0.242 e. The van der Waals surface area contributed by atoms with Gasteiger partial charge in [0.1, 0.15) is 0 Å². The van der Waals surface area contributed by atoms with E-state index in [1.807, 2.05) is 18.6 Å². The fourth-order valence-electron chi connectivity index (χ4n) is 2.60. The summed E-state index contributed by atoms with van der Waals surface area (Å²) in [4.78, 5) is 16.2. The van der Waals surface area contributed by atoms with E-state index >= 15 is 0 Å². The smallest absolute Gasteiger partial charge is 0.242 e. The summed E-state index contributed by atoms with van der Waals surface area (Å²) in [5.74, 6) is -0.0566. The summed E-state index contributed by atoms with van der Waals surface area (Å²) in [6.07, 6.45) is 1.40. The number of carbonyl (C=O) groups excluding carboxylic acids is 1. The lowest BCUT2D eigenvalue weighted by atomic mass is 10.00. The third-order valence-corrected chi connectivity index (χ3v) is 4.22. The van der Waals surface area contributed by atoms with Crippen LogP contribution in [0.1, 0.15) is 23.2 Å². The molecular formula is C14H20N4O4S. The molecule has 2 aromatic heterocycles. The summed E-state index contributed by atoms with van der Waals surface area (Å²) < 4.78 is 31.0. The van der Waals surface area contributed by atoms with Crippen molar-refractivity contribution in [3.63, 3.8) is 0 Å². The molecule has 2 aromatic rings. The van der Waals surface area contributed by atoms with Crippen LogP contribution in [-0.2, 0) is 28.3 Å². The van der Waals surface area contributed by atoms with Crippen molar-refractivity contribution in [1.29, 1.82) is 0 Å². The number of pyridine rings is 1. The number of carbonyl (C=O) groups is 1. The van der Waals surface area contributed by atoms with E-state index in [-0.39, 0.29) is 6.42 Å². The molecule has 0 aromatic carbocycles. The zero-order valence-electron chi connectivity index (χ0n) is 13.8. The van der Waals surface area contributed by atoms with Crippen LogP contribution in [0.15, 0.2) is 0 Å². The third-order valence-electron chi connectivity index (χ3n) is 3.62. The molecular weight excluding hydrogens is 320 g/mol. The average Bonchev–Trinajstić information content (AvgIpc) is 2.73. The summed E-state index contributed by atoms with van der Waals surface area (Å²) in [6, 6.07) is 0. The lowest BCUT2D eigenvalue weighted by Crippen LogP contribution is -2.29. The molecule has 0 aliphatic heterocycles. The number of amides is 1. The highest BCUT2D eigenvalue weighted by Gasteiger charge is 2.19. The van der Waals surface area contributed by atoms with Crippen molar-refractivity contribution in [3.8, 4) is 5.88 Å². The standard InChI is InChI=1S/C14H20N4O4S/c1-8-10(6-7-11(19)17-23(5,20)21)9(2)15-13-12(8)14(22-4)16-18(13)3/h6-7H2,1-5H3,(H,17,19). The van der Waals surface area contributed by atoms with Crippen LogP contribution in [-0.4, -0.2) is 42.5 Å². The summed E-state index contributed by atoms with van der Waals surface area (Å²) in [5, 5.41) is 5.07. The number of nitrogens with zero attached hydrogens (tertiary/aromatic N) is 3. The minimum atomic E-state index is -3.54. The van der Waals surface area contributed by atoms with E-state index in [4.69, 9.17) is 4.74 Å². The van der Waals surface area contributed by atoms with Gasteiger partial charge in [0.2, 0.25) is 21.8 Å². The number of sulfonamides is 1. The monoisotopic (exact) mass is 340 g/mol. The van der Waals surface area contributed by atoms with E-state index in [1.54, 1.807) is 18.8 Å². The third kappa shape index (κ3) is 3.61. The number of aromatic nitrogens is 3. The van der Waals surface area contributed by atoms with Crippen molar-refractivity contribution in [2.45, 2.75) is 26.7 Å². The summed E-state index contributed by atoms with van der Waals surface area (Å²) in [7, 11) is -0.209. The largest absolute Gasteiger partial charge is 0.479 e. The highest BCUT2D eigenvalue weighted by atomic mass is 32.2. The van der Waals surface area contributed by atoms with Crippen LogP contribution in [0.5, 0.6) is 5.88 Å². The van der Waals surface area contributed by atoms with Crippen LogP contribution in [0.2, 0.25) is 0 Å². The average molecular weight is 340 g/mol. The Labute approximate surface area is 134 Å². The fraction of sp³-hybridized carbons (Fsp3) is 0.500. The second-order valence-corrected chi connectivity index (χ2v) is 7.18. The zero-order valence-corrected chi connectivity index (χ0v) is 14.6. The van der Waals surface area contributed by atoms with Crippen molar-refractivity contribution < 1.29 is 17.9 Å². The number of aryl methyl sites for hydroxylation is 3. The van der Waals surface area contributed by atoms with Crippen LogP contribution in [0.25, 0.3) is 11.0 Å². The molecule has 126 valence electrons. The molecule has 2 heterocycles. The maximum atomic E-state index is 11.7. The normalized spacial score (nSPS) is 11.7. The van der Waals surface area contributed by atoms with E-state index in [9.17, 15) is 13.2 Å². The van der Waals surface area contributed by atoms with Crippen LogP contribution in [0.3, 0.4) is 0 Å². The Morgan fingerprint density at radius 1 is 1.35 bits per heavy atom. The van der Waals surface area contributed by atoms with Crippen molar-refractivity contribution in [2.24, 2.45) is 7.05 Å². The summed E-state index contributed by atoms with van der Waals surface area (Å²) in [6.45, 7) is 3.78. The first-order valence-electron chi connectivity index (χ1n) is 7.01. The van der Waals surface area contributed by atoms with Gasteiger partial charge in [-0.05, 0) is 31.4 Å². The fourth-order valence-corrected chi connectivity index (χ4v) is 3.12. The number of hydrogen-bond acceptors (Lipinski definition) is 6. The lowest BCUT2D eigenvalue weighted by Gasteiger charge is -2.11. The predicted molar refractivity (Wildman–Crippen MR) is 85.8 cm³/mol. The summed E-state index contributed by atoms with van der Waals surface area (Å²) in [5.41, 5.74) is 3.33. The van der Waals surface area contributed by atoms with Gasteiger partial charge < -0.3 is 4.74 Å². The number of methoxy groups -OCH3 is 1. The van der Waals surface area contributed by atoms with E-state index in [0.717, 1.165) is 28.5 Å². The Balaban J connectivity index is 2.36. The van der Waals surface area contributed by atoms with Crippen LogP contribution >= 0.6 is 0 Å². The highest BCUT2D eigenvalue weighted by Crippen LogP contribution is 2.30. The number of rotatable bonds is 5. The van der Waals surface area contributed by atoms with Crippen LogP contribution in [0.4, 0.5) is 0 Å². The highest BCUT2D eigenvalue weighted by molar-refractivity contribution is 7.89. The lowest BCUT2D eigenvalue weighted by molar-refractivity contribution is -0.119. The molecule has 0 spiro atoms. The van der Waals surface area contributed by atoms with Gasteiger partial charge in [-0.25, -0.2) is 18.1 Å². The van der Waals surface area contributed by atoms with E-state index in [2.05, 4.69) is 10.1 Å². The molecule has 0 aliphatic rings. The second-order valence-electron chi connectivity index (χ2n) is 5.43. The van der Waals surface area contributed by atoms with Gasteiger partial charge >= 0.3 is 0 Å². The minimum absolute atomic E-state index is 0.0600. The molecule has 0 radical (unpaired) electrons. The first-order valence-corrected chi connectivity index (χ1v) is 8.90. The van der Waals surface area contributed by atoms with Gasteiger partial charge in [0.25, 0.3) is 0 Å². The topological polar surface area (TPSA) is 103 Å². The Morgan fingerprint density at radius 2 is 2.00 bits per heavy atom. The Bertz CT molecular complexity index is 871. The molecule has 2 rings (SSSR count). The molecule has 9 heteroatoms. The van der Waals surface area contributed by atoms with Gasteiger partial charge in [-0.1, -0.05) is 0 Å². The molecule has 0 fully saturated rings. The van der Waals surface area contributed by atoms with E-state index in [1.165, 1.54) is 0 Å². The molecule has 1 N–H and O–H groups in total.